The van der Waals surface area contributed by atoms with Gasteiger partial charge in [-0.3, -0.25) is 0 Å². The molecule has 2 aromatic carbocycles. The number of ether oxygens (including phenoxy) is 1. The molecule has 162 valence electrons. The van der Waals surface area contributed by atoms with Gasteiger partial charge in [0.1, 0.15) is 11.3 Å². The Balaban J connectivity index is 1.90. The van der Waals surface area contributed by atoms with Crippen LogP contribution >= 0.6 is 0 Å². The largest absolute Gasteiger partial charge is 0.494 e. The molecule has 7 nitrogen and oxygen atoms in total. The molecule has 3 rings (SSSR count). The van der Waals surface area contributed by atoms with Gasteiger partial charge in [0.15, 0.2) is 0 Å². The normalized spacial score (nSPS) is 10.7. The molecule has 0 spiro atoms. The first-order valence-electron chi connectivity index (χ1n) is 10.1. The van der Waals surface area contributed by atoms with Gasteiger partial charge in [0.05, 0.1) is 18.5 Å². The highest BCUT2D eigenvalue weighted by molar-refractivity contribution is 5.85. The third-order valence-corrected chi connectivity index (χ3v) is 4.88. The number of anilines is 4. The van der Waals surface area contributed by atoms with Crippen molar-refractivity contribution >= 4 is 33.9 Å². The average Bonchev–Trinajstić information content (AvgIpc) is 2.77. The fourth-order valence-electron chi connectivity index (χ4n) is 3.12. The summed E-state index contributed by atoms with van der Waals surface area (Å²) in [4.78, 5) is 13.4. The van der Waals surface area contributed by atoms with E-state index in [0.29, 0.717) is 11.7 Å². The van der Waals surface area contributed by atoms with Gasteiger partial charge in [-0.2, -0.15) is 0 Å². The Morgan fingerprint density at radius 3 is 2.68 bits per heavy atom. The number of methoxy groups -OCH3 is 1. The second kappa shape index (κ2) is 9.95. The van der Waals surface area contributed by atoms with Gasteiger partial charge in [-0.15, -0.1) is 0 Å². The zero-order valence-corrected chi connectivity index (χ0v) is 18.6. The molecule has 7 heteroatoms. The molecule has 0 atom stereocenters. The van der Waals surface area contributed by atoms with E-state index in [0.717, 1.165) is 46.8 Å². The van der Waals surface area contributed by atoms with Crippen molar-refractivity contribution in [3.63, 3.8) is 0 Å². The predicted octanol–water partition coefficient (Wildman–Crippen LogP) is 4.49. The number of hydrogen-bond donors (Lipinski definition) is 2. The van der Waals surface area contributed by atoms with Crippen molar-refractivity contribution in [2.45, 2.75) is 0 Å². The van der Waals surface area contributed by atoms with Crippen LogP contribution in [0.25, 0.3) is 10.9 Å². The SMILES string of the molecule is C=CC(=C)Nc1cc(Nc2ncc3cccc(OC)c3n2)ccc1N(C)CCN(C)C. The Morgan fingerprint density at radius 2 is 1.97 bits per heavy atom. The van der Waals surface area contributed by atoms with Gasteiger partial charge in [0.2, 0.25) is 5.95 Å². The minimum atomic E-state index is 0.499. The van der Waals surface area contributed by atoms with Crippen molar-refractivity contribution in [1.82, 2.24) is 14.9 Å². The maximum Gasteiger partial charge on any atom is 0.227 e. The van der Waals surface area contributed by atoms with Gasteiger partial charge in [-0.05, 0) is 44.4 Å². The second-order valence-electron chi connectivity index (χ2n) is 7.53. The third kappa shape index (κ3) is 5.52. The molecule has 0 fully saturated rings. The molecule has 2 N–H and O–H groups in total. The lowest BCUT2D eigenvalue weighted by Crippen LogP contribution is -2.29. The van der Waals surface area contributed by atoms with Crippen LogP contribution in [0.5, 0.6) is 5.75 Å². The first-order valence-corrected chi connectivity index (χ1v) is 10.1. The molecule has 1 aromatic heterocycles. The Labute approximate surface area is 184 Å². The highest BCUT2D eigenvalue weighted by atomic mass is 16.5. The standard InChI is InChI=1S/C24H30N6O/c1-7-17(2)26-20-15-19(11-12-21(20)30(5)14-13-29(3)4)27-24-25-16-18-9-8-10-22(31-6)23(18)28-24/h7-12,15-16,26H,1-2,13-14H2,3-6H3,(H,25,27,28). The van der Waals surface area contributed by atoms with Gasteiger partial charge in [0.25, 0.3) is 0 Å². The summed E-state index contributed by atoms with van der Waals surface area (Å²) in [7, 11) is 7.85. The van der Waals surface area contributed by atoms with Gasteiger partial charge in [-0.1, -0.05) is 25.3 Å². The molecule has 0 unspecified atom stereocenters. The lowest BCUT2D eigenvalue weighted by Gasteiger charge is -2.25. The van der Waals surface area contributed by atoms with Crippen LogP contribution in [-0.4, -0.2) is 56.2 Å². The molecular formula is C24H30N6O. The fourth-order valence-corrected chi connectivity index (χ4v) is 3.12. The van der Waals surface area contributed by atoms with Crippen molar-refractivity contribution in [2.75, 3.05) is 56.9 Å². The molecule has 0 saturated carbocycles. The molecule has 31 heavy (non-hydrogen) atoms. The zero-order chi connectivity index (χ0) is 22.4. The number of hydrogen-bond acceptors (Lipinski definition) is 7. The van der Waals surface area contributed by atoms with Crippen LogP contribution in [0, 0.1) is 0 Å². The third-order valence-electron chi connectivity index (χ3n) is 4.88. The minimum Gasteiger partial charge on any atom is -0.494 e. The maximum absolute atomic E-state index is 5.43. The number of allylic oxidation sites excluding steroid dienone is 1. The molecule has 3 aromatic rings. The van der Waals surface area contributed by atoms with Crippen LogP contribution in [0.3, 0.4) is 0 Å². The molecular weight excluding hydrogens is 388 g/mol. The Hall–Kier alpha value is -3.58. The monoisotopic (exact) mass is 418 g/mol. The summed E-state index contributed by atoms with van der Waals surface area (Å²) < 4.78 is 5.43. The number of likely N-dealkylation sites (N-methyl/N-ethyl adjacent to an activating group) is 2. The maximum atomic E-state index is 5.43. The van der Waals surface area contributed by atoms with Crippen LogP contribution in [0.2, 0.25) is 0 Å². The van der Waals surface area contributed by atoms with Crippen molar-refractivity contribution in [3.05, 3.63) is 67.5 Å². The summed E-state index contributed by atoms with van der Waals surface area (Å²) in [5, 5.41) is 7.55. The lowest BCUT2D eigenvalue weighted by atomic mass is 10.2. The Kier molecular flexibility index (Phi) is 7.10. The smallest absolute Gasteiger partial charge is 0.227 e. The van der Waals surface area contributed by atoms with E-state index in [1.807, 2.05) is 30.3 Å². The minimum absolute atomic E-state index is 0.499. The summed E-state index contributed by atoms with van der Waals surface area (Å²) in [6.45, 7) is 9.63. The fraction of sp³-hybridized carbons (Fsp3) is 0.250. The van der Waals surface area contributed by atoms with E-state index >= 15 is 0 Å². The van der Waals surface area contributed by atoms with Gasteiger partial charge in [0, 0.05) is 43.1 Å². The van der Waals surface area contributed by atoms with E-state index in [2.05, 4.69) is 70.8 Å². The summed E-state index contributed by atoms with van der Waals surface area (Å²) in [5.74, 6) is 1.21. The molecule has 0 aliphatic rings. The Morgan fingerprint density at radius 1 is 1.16 bits per heavy atom. The molecule has 0 aliphatic heterocycles. The van der Waals surface area contributed by atoms with Crippen LogP contribution in [0.15, 0.2) is 67.5 Å². The number of benzene rings is 2. The van der Waals surface area contributed by atoms with E-state index < -0.39 is 0 Å². The molecule has 0 bridgehead atoms. The quantitative estimate of drug-likeness (QED) is 0.470. The lowest BCUT2D eigenvalue weighted by molar-refractivity contribution is 0.416. The van der Waals surface area contributed by atoms with Crippen molar-refractivity contribution in [1.29, 1.82) is 0 Å². The summed E-state index contributed by atoms with van der Waals surface area (Å²) in [6.07, 6.45) is 3.48. The van der Waals surface area contributed by atoms with Gasteiger partial charge >= 0.3 is 0 Å². The van der Waals surface area contributed by atoms with Crippen LogP contribution in [0.4, 0.5) is 23.0 Å². The highest BCUT2D eigenvalue weighted by Crippen LogP contribution is 2.31. The number of nitrogens with one attached hydrogen (secondary N) is 2. The van der Waals surface area contributed by atoms with Crippen LogP contribution < -0.4 is 20.3 Å². The second-order valence-corrected chi connectivity index (χ2v) is 7.53. The van der Waals surface area contributed by atoms with Crippen LogP contribution in [0.1, 0.15) is 0 Å². The molecule has 0 radical (unpaired) electrons. The highest BCUT2D eigenvalue weighted by Gasteiger charge is 2.11. The molecule has 1 heterocycles. The number of para-hydroxylation sites is 1. The number of fused-ring (bicyclic) bond motifs is 1. The first kappa shape index (κ1) is 22.1. The van der Waals surface area contributed by atoms with E-state index in [4.69, 9.17) is 4.74 Å². The summed E-state index contributed by atoms with van der Waals surface area (Å²) in [5.41, 5.74) is 4.34. The van der Waals surface area contributed by atoms with E-state index in [9.17, 15) is 0 Å². The van der Waals surface area contributed by atoms with E-state index in [1.165, 1.54) is 0 Å². The number of nitrogens with zero attached hydrogens (tertiary/aromatic N) is 4. The van der Waals surface area contributed by atoms with E-state index in [1.54, 1.807) is 19.4 Å². The molecule has 0 amide bonds. The summed E-state index contributed by atoms with van der Waals surface area (Å²) >= 11 is 0. The number of aromatic nitrogens is 2. The zero-order valence-electron chi connectivity index (χ0n) is 18.6. The molecule has 0 saturated heterocycles. The predicted molar refractivity (Wildman–Crippen MR) is 131 cm³/mol. The topological polar surface area (TPSA) is 65.6 Å². The van der Waals surface area contributed by atoms with E-state index in [-0.39, 0.29) is 0 Å². The van der Waals surface area contributed by atoms with Gasteiger partial charge < -0.3 is 25.2 Å². The molecule has 0 aliphatic carbocycles. The summed E-state index contributed by atoms with van der Waals surface area (Å²) in [6, 6.07) is 11.9. The Bertz CT molecular complexity index is 1080. The van der Waals surface area contributed by atoms with Crippen molar-refractivity contribution in [2.24, 2.45) is 0 Å². The van der Waals surface area contributed by atoms with Crippen molar-refractivity contribution < 1.29 is 4.74 Å². The number of rotatable bonds is 10. The average molecular weight is 419 g/mol. The van der Waals surface area contributed by atoms with Crippen molar-refractivity contribution in [3.8, 4) is 5.75 Å². The first-order chi connectivity index (χ1) is 14.9. The van der Waals surface area contributed by atoms with Crippen LogP contribution in [-0.2, 0) is 0 Å². The van der Waals surface area contributed by atoms with Gasteiger partial charge in [-0.25, -0.2) is 9.97 Å².